The molecule has 2 aromatic heterocycles. The number of rotatable bonds is 5. The van der Waals surface area contributed by atoms with Gasteiger partial charge in [0, 0.05) is 39.2 Å². The molecule has 3 N–H and O–H groups in total. The van der Waals surface area contributed by atoms with Gasteiger partial charge in [0.05, 0.1) is 19.2 Å². The number of hydrogen-bond acceptors (Lipinski definition) is 2. The minimum Gasteiger partial charge on any atom is -0.390 e. The highest BCUT2D eigenvalue weighted by molar-refractivity contribution is 5.86. The molecular weight excluding hydrogens is 422 g/mol. The van der Waals surface area contributed by atoms with Crippen molar-refractivity contribution in [2.75, 3.05) is 6.54 Å². The largest absolute Gasteiger partial charge is 0.390 e. The van der Waals surface area contributed by atoms with E-state index in [4.69, 9.17) is 0 Å². The molecule has 0 unspecified atom stereocenters. The molecule has 1 aliphatic rings. The fourth-order valence-corrected chi connectivity index (χ4v) is 4.89. The van der Waals surface area contributed by atoms with Crippen LogP contribution in [0.1, 0.15) is 35.5 Å². The molecule has 4 nitrogen and oxygen atoms in total. The van der Waals surface area contributed by atoms with E-state index in [0.717, 1.165) is 38.6 Å². The first-order chi connectivity index (χ1) is 15.3. The monoisotopic (exact) mass is 445 g/mol. The molecule has 2 aromatic carbocycles. The average molecular weight is 445 g/mol. The van der Waals surface area contributed by atoms with Gasteiger partial charge in [0.15, 0.2) is 0 Å². The highest BCUT2D eigenvalue weighted by atomic mass is 19.3. The molecule has 3 heterocycles. The summed E-state index contributed by atoms with van der Waals surface area (Å²) in [5.74, 6) is -4.13. The maximum Gasteiger partial charge on any atom is 0.319 e. The van der Waals surface area contributed by atoms with Gasteiger partial charge in [-0.25, -0.2) is 8.78 Å². The van der Waals surface area contributed by atoms with Crippen LogP contribution in [0, 0.1) is 0 Å². The van der Waals surface area contributed by atoms with E-state index in [1.165, 1.54) is 4.90 Å². The van der Waals surface area contributed by atoms with E-state index in [1.54, 1.807) is 13.0 Å². The molecule has 0 bridgehead atoms. The number of aromatic amines is 2. The van der Waals surface area contributed by atoms with Crippen molar-refractivity contribution in [2.24, 2.45) is 0 Å². The van der Waals surface area contributed by atoms with Crippen molar-refractivity contribution in [3.63, 3.8) is 0 Å². The van der Waals surface area contributed by atoms with Gasteiger partial charge in [0.25, 0.3) is 0 Å². The smallest absolute Gasteiger partial charge is 0.319 e. The summed E-state index contributed by atoms with van der Waals surface area (Å²) in [6, 6.07) is 14.1. The topological polar surface area (TPSA) is 55.1 Å². The molecule has 5 rings (SSSR count). The lowest BCUT2D eigenvalue weighted by Gasteiger charge is -2.42. The Balaban J connectivity index is 1.68. The summed E-state index contributed by atoms with van der Waals surface area (Å²) in [5.41, 5.74) is 4.85. The third-order valence-electron chi connectivity index (χ3n) is 6.42. The molecule has 168 valence electrons. The van der Waals surface area contributed by atoms with Crippen LogP contribution < -0.4 is 0 Å². The normalized spacial score (nSPS) is 19.8. The number of nitrogens with zero attached hydrogens (tertiary/aromatic N) is 1. The van der Waals surface area contributed by atoms with Crippen molar-refractivity contribution >= 4 is 21.8 Å². The third-order valence-corrected chi connectivity index (χ3v) is 6.42. The number of aromatic nitrogens is 2. The standard InChI is InChI=1S/C24H23F4N3O/c1-13-8-18-17-4-2-3-5-20(17)30-21(18)22(31(13)12-24(27,28)23(25)26)14-6-7-19-15(9-14)10-16(11-32)29-19/h2-7,9-10,13,22-23,29-30,32H,8,11-12H2,1H3/t13-,22-/m1/s1. The SMILES string of the molecule is C[C@@H]1Cc2c([nH]c3ccccc23)[C@@H](c2ccc3[nH]c(CO)cc3c2)N1CC(F)(F)C(F)F. The summed E-state index contributed by atoms with van der Waals surface area (Å²) in [6.45, 7) is 0.611. The average Bonchev–Trinajstić information content (AvgIpc) is 3.34. The Hall–Kier alpha value is -2.84. The Kier molecular flexibility index (Phi) is 5.02. The zero-order valence-corrected chi connectivity index (χ0v) is 17.4. The third kappa shape index (κ3) is 3.38. The Morgan fingerprint density at radius 2 is 1.88 bits per heavy atom. The molecule has 0 spiro atoms. The first-order valence-corrected chi connectivity index (χ1v) is 10.5. The molecule has 1 aliphatic heterocycles. The van der Waals surface area contributed by atoms with Crippen LogP contribution in [-0.2, 0) is 13.0 Å². The summed E-state index contributed by atoms with van der Waals surface area (Å²) in [5, 5.41) is 11.3. The number of halogens is 4. The minimum atomic E-state index is -4.13. The molecule has 0 radical (unpaired) electrons. The van der Waals surface area contributed by atoms with Gasteiger partial charge in [-0.15, -0.1) is 0 Å². The van der Waals surface area contributed by atoms with E-state index in [0.29, 0.717) is 12.1 Å². The van der Waals surface area contributed by atoms with E-state index >= 15 is 0 Å². The number of fused-ring (bicyclic) bond motifs is 4. The molecule has 0 saturated heterocycles. The molecule has 8 heteroatoms. The van der Waals surface area contributed by atoms with Crippen LogP contribution in [0.15, 0.2) is 48.5 Å². The predicted molar refractivity (Wildman–Crippen MR) is 115 cm³/mol. The second kappa shape index (κ2) is 7.64. The Morgan fingerprint density at radius 1 is 1.09 bits per heavy atom. The van der Waals surface area contributed by atoms with E-state index in [2.05, 4.69) is 9.97 Å². The number of hydrogen-bond donors (Lipinski definition) is 3. The number of aliphatic hydroxyl groups is 1. The molecular formula is C24H23F4N3O. The van der Waals surface area contributed by atoms with Gasteiger partial charge in [0.1, 0.15) is 0 Å². The van der Waals surface area contributed by atoms with Crippen molar-refractivity contribution in [1.82, 2.24) is 14.9 Å². The lowest BCUT2D eigenvalue weighted by atomic mass is 9.88. The van der Waals surface area contributed by atoms with Crippen LogP contribution >= 0.6 is 0 Å². The highest BCUT2D eigenvalue weighted by Crippen LogP contribution is 2.43. The van der Waals surface area contributed by atoms with E-state index in [-0.39, 0.29) is 12.6 Å². The summed E-state index contributed by atoms with van der Waals surface area (Å²) in [4.78, 5) is 7.95. The second-order valence-electron chi connectivity index (χ2n) is 8.55. The Morgan fingerprint density at radius 3 is 2.62 bits per heavy atom. The van der Waals surface area contributed by atoms with Gasteiger partial charge in [0.2, 0.25) is 0 Å². The van der Waals surface area contributed by atoms with Crippen molar-refractivity contribution < 1.29 is 22.7 Å². The molecule has 0 aliphatic carbocycles. The molecule has 0 amide bonds. The Bertz CT molecular complexity index is 1280. The quantitative estimate of drug-likeness (QED) is 0.362. The van der Waals surface area contributed by atoms with Crippen LogP contribution in [-0.4, -0.2) is 44.9 Å². The van der Waals surface area contributed by atoms with Gasteiger partial charge in [-0.2, -0.15) is 8.78 Å². The number of benzene rings is 2. The fourth-order valence-electron chi connectivity index (χ4n) is 4.89. The van der Waals surface area contributed by atoms with E-state index in [1.807, 2.05) is 42.5 Å². The zero-order chi connectivity index (χ0) is 22.6. The minimum absolute atomic E-state index is 0.149. The summed E-state index contributed by atoms with van der Waals surface area (Å²) in [7, 11) is 0. The van der Waals surface area contributed by atoms with Gasteiger partial charge in [-0.05, 0) is 48.7 Å². The van der Waals surface area contributed by atoms with Crippen LogP contribution in [0.5, 0.6) is 0 Å². The fraction of sp³-hybridized carbons (Fsp3) is 0.333. The summed E-state index contributed by atoms with van der Waals surface area (Å²) >= 11 is 0. The summed E-state index contributed by atoms with van der Waals surface area (Å²) in [6.07, 6.45) is -3.25. The molecule has 2 atom stereocenters. The van der Waals surface area contributed by atoms with Crippen molar-refractivity contribution in [1.29, 1.82) is 0 Å². The number of nitrogens with one attached hydrogen (secondary N) is 2. The molecule has 4 aromatic rings. The van der Waals surface area contributed by atoms with Crippen LogP contribution in [0.2, 0.25) is 0 Å². The number of aliphatic hydroxyl groups excluding tert-OH is 1. The maximum atomic E-state index is 14.2. The van der Waals surface area contributed by atoms with Crippen LogP contribution in [0.25, 0.3) is 21.8 Å². The Labute approximate surface area is 181 Å². The maximum absolute atomic E-state index is 14.2. The molecule has 0 saturated carbocycles. The predicted octanol–water partition coefficient (Wildman–Crippen LogP) is 5.38. The van der Waals surface area contributed by atoms with Gasteiger partial charge in [-0.1, -0.05) is 24.3 Å². The van der Waals surface area contributed by atoms with Crippen LogP contribution in [0.3, 0.4) is 0 Å². The second-order valence-corrected chi connectivity index (χ2v) is 8.55. The van der Waals surface area contributed by atoms with Gasteiger partial charge in [-0.3, -0.25) is 4.90 Å². The van der Waals surface area contributed by atoms with E-state index in [9.17, 15) is 22.7 Å². The number of para-hydroxylation sites is 1. The molecule has 0 fully saturated rings. The number of alkyl halides is 4. The van der Waals surface area contributed by atoms with Crippen molar-refractivity contribution in [2.45, 2.75) is 44.4 Å². The first-order valence-electron chi connectivity index (χ1n) is 10.5. The first kappa shape index (κ1) is 21.0. The zero-order valence-electron chi connectivity index (χ0n) is 17.4. The summed E-state index contributed by atoms with van der Waals surface area (Å²) < 4.78 is 54.7. The van der Waals surface area contributed by atoms with Gasteiger partial charge >= 0.3 is 12.3 Å². The van der Waals surface area contributed by atoms with Crippen molar-refractivity contribution in [3.05, 3.63) is 71.0 Å². The van der Waals surface area contributed by atoms with Crippen LogP contribution in [0.4, 0.5) is 17.6 Å². The van der Waals surface area contributed by atoms with Gasteiger partial charge < -0.3 is 15.1 Å². The lowest BCUT2D eigenvalue weighted by Crippen LogP contribution is -2.50. The lowest BCUT2D eigenvalue weighted by molar-refractivity contribution is -0.150. The molecule has 32 heavy (non-hydrogen) atoms. The van der Waals surface area contributed by atoms with Crippen molar-refractivity contribution in [3.8, 4) is 0 Å². The highest BCUT2D eigenvalue weighted by Gasteiger charge is 2.47. The number of H-pyrrole nitrogens is 2. The van der Waals surface area contributed by atoms with E-state index < -0.39 is 24.9 Å².